The van der Waals surface area contributed by atoms with Gasteiger partial charge in [0, 0.05) is 23.7 Å². The summed E-state index contributed by atoms with van der Waals surface area (Å²) in [5.41, 5.74) is 1.81. The van der Waals surface area contributed by atoms with Crippen LogP contribution in [-0.2, 0) is 7.05 Å². The number of benzene rings is 1. The van der Waals surface area contributed by atoms with Gasteiger partial charge in [-0.25, -0.2) is 9.78 Å². The van der Waals surface area contributed by atoms with Gasteiger partial charge in [-0.3, -0.25) is 9.25 Å². The molecular weight excluding hydrogens is 452 g/mol. The molecule has 0 radical (unpaired) electrons. The van der Waals surface area contributed by atoms with Crippen LogP contribution < -0.4 is 0 Å². The number of halogens is 2. The molecule has 0 saturated carbocycles. The second kappa shape index (κ2) is 7.03. The zero-order valence-corrected chi connectivity index (χ0v) is 17.1. The first-order chi connectivity index (χ1) is 12.9. The Balaban J connectivity index is 1.90. The lowest BCUT2D eigenvalue weighted by atomic mass is 10.2. The van der Waals surface area contributed by atoms with Gasteiger partial charge in [-0.15, -0.1) is 0 Å². The van der Waals surface area contributed by atoms with Crippen molar-refractivity contribution in [2.45, 2.75) is 9.92 Å². The molecule has 0 fully saturated rings. The van der Waals surface area contributed by atoms with Crippen LogP contribution in [0.15, 0.2) is 63.3 Å². The number of aromatic carboxylic acids is 1. The highest BCUT2D eigenvalue weighted by atomic mass is 79.9. The minimum absolute atomic E-state index is 0.00941. The molecule has 1 N–H and O–H groups in total. The number of carboxylic acids is 1. The van der Waals surface area contributed by atoms with Crippen LogP contribution in [0.1, 0.15) is 10.5 Å². The van der Waals surface area contributed by atoms with Crippen molar-refractivity contribution in [3.63, 3.8) is 0 Å². The fraction of sp³-hybridized carbons (Fsp3) is 0.0556. The molecule has 0 bridgehead atoms. The maximum atomic E-state index is 11.2. The van der Waals surface area contributed by atoms with E-state index in [1.165, 1.54) is 17.8 Å². The van der Waals surface area contributed by atoms with Crippen LogP contribution in [-0.4, -0.2) is 30.4 Å². The van der Waals surface area contributed by atoms with Gasteiger partial charge < -0.3 is 5.11 Å². The Labute approximate surface area is 171 Å². The Kier molecular flexibility index (Phi) is 4.71. The smallest absolute Gasteiger partial charge is 0.354 e. The Morgan fingerprint density at radius 1 is 1.30 bits per heavy atom. The van der Waals surface area contributed by atoms with Crippen LogP contribution in [0.5, 0.6) is 0 Å². The number of hydrogen-bond acceptors (Lipinski definition) is 4. The van der Waals surface area contributed by atoms with Crippen molar-refractivity contribution in [2.75, 3.05) is 0 Å². The summed E-state index contributed by atoms with van der Waals surface area (Å²) in [4.78, 5) is 16.3. The van der Waals surface area contributed by atoms with Crippen LogP contribution in [0.4, 0.5) is 0 Å². The van der Waals surface area contributed by atoms with Crippen molar-refractivity contribution in [2.24, 2.45) is 7.05 Å². The van der Waals surface area contributed by atoms with E-state index in [2.05, 4.69) is 26.0 Å². The molecule has 0 aliphatic heterocycles. The minimum Gasteiger partial charge on any atom is -0.477 e. The lowest BCUT2D eigenvalue weighted by molar-refractivity contribution is 0.0689. The van der Waals surface area contributed by atoms with E-state index >= 15 is 0 Å². The van der Waals surface area contributed by atoms with E-state index in [0.29, 0.717) is 10.0 Å². The van der Waals surface area contributed by atoms with Crippen molar-refractivity contribution >= 4 is 56.2 Å². The topological polar surface area (TPSA) is 72.9 Å². The molecule has 136 valence electrons. The van der Waals surface area contributed by atoms with Crippen LogP contribution in [0.25, 0.3) is 16.6 Å². The number of fused-ring (bicyclic) bond motifs is 1. The number of pyridine rings is 1. The highest BCUT2D eigenvalue weighted by Gasteiger charge is 2.19. The molecule has 0 saturated heterocycles. The van der Waals surface area contributed by atoms with E-state index < -0.39 is 5.97 Å². The van der Waals surface area contributed by atoms with Crippen LogP contribution in [0, 0.1) is 0 Å². The van der Waals surface area contributed by atoms with Crippen molar-refractivity contribution in [3.8, 4) is 5.69 Å². The molecule has 0 atom stereocenters. The molecule has 1 aromatic carbocycles. The minimum atomic E-state index is -1.05. The number of carbonyl (C=O) groups is 1. The van der Waals surface area contributed by atoms with Gasteiger partial charge in [-0.05, 0) is 40.2 Å². The van der Waals surface area contributed by atoms with Gasteiger partial charge in [0.15, 0.2) is 0 Å². The summed E-state index contributed by atoms with van der Waals surface area (Å²) in [7, 11) is 1.85. The van der Waals surface area contributed by atoms with Gasteiger partial charge in [0.1, 0.15) is 15.3 Å². The van der Waals surface area contributed by atoms with Crippen molar-refractivity contribution in [1.82, 2.24) is 19.3 Å². The second-order valence-electron chi connectivity index (χ2n) is 5.76. The molecule has 3 aromatic heterocycles. The summed E-state index contributed by atoms with van der Waals surface area (Å²) in [6.45, 7) is 0. The van der Waals surface area contributed by atoms with Crippen molar-refractivity contribution in [1.29, 1.82) is 0 Å². The van der Waals surface area contributed by atoms with Crippen molar-refractivity contribution < 1.29 is 9.90 Å². The van der Waals surface area contributed by atoms with E-state index in [4.69, 9.17) is 11.6 Å². The third-order valence-electron chi connectivity index (χ3n) is 3.93. The summed E-state index contributed by atoms with van der Waals surface area (Å²) in [6, 6.07) is 10.6. The molecule has 0 aliphatic carbocycles. The number of carboxylic acid groups (broad SMARTS) is 1. The first kappa shape index (κ1) is 18.1. The molecule has 4 aromatic rings. The zero-order chi connectivity index (χ0) is 19.1. The fourth-order valence-corrected chi connectivity index (χ4v) is 4.75. The molecule has 27 heavy (non-hydrogen) atoms. The van der Waals surface area contributed by atoms with Crippen LogP contribution in [0.2, 0.25) is 5.02 Å². The van der Waals surface area contributed by atoms with Gasteiger partial charge in [-0.1, -0.05) is 35.5 Å². The maximum absolute atomic E-state index is 11.2. The summed E-state index contributed by atoms with van der Waals surface area (Å²) < 4.78 is 4.56. The van der Waals surface area contributed by atoms with Crippen LogP contribution in [0.3, 0.4) is 0 Å². The Hall–Kier alpha value is -2.29. The van der Waals surface area contributed by atoms with Gasteiger partial charge >= 0.3 is 5.97 Å². The van der Waals surface area contributed by atoms with E-state index in [9.17, 15) is 9.90 Å². The Morgan fingerprint density at radius 2 is 2.11 bits per heavy atom. The highest BCUT2D eigenvalue weighted by Crippen LogP contribution is 2.42. The third-order valence-corrected chi connectivity index (χ3v) is 6.23. The molecule has 6 nitrogen and oxygen atoms in total. The average Bonchev–Trinajstić information content (AvgIpc) is 3.16. The lowest BCUT2D eigenvalue weighted by Crippen LogP contribution is -1.99. The molecule has 0 aliphatic rings. The number of hydrogen-bond donors (Lipinski definition) is 1. The first-order valence-corrected chi connectivity index (χ1v) is 9.79. The molecule has 4 rings (SSSR count). The number of aryl methyl sites for hydroxylation is 1. The second-order valence-corrected chi connectivity index (χ2v) is 7.98. The highest BCUT2D eigenvalue weighted by molar-refractivity contribution is 9.10. The average molecular weight is 464 g/mol. The summed E-state index contributed by atoms with van der Waals surface area (Å²) in [5.74, 6) is -1.05. The lowest BCUT2D eigenvalue weighted by Gasteiger charge is -2.04. The quantitative estimate of drug-likeness (QED) is 0.460. The molecule has 0 unspecified atom stereocenters. The molecule has 0 spiro atoms. The normalized spacial score (nSPS) is 11.2. The van der Waals surface area contributed by atoms with E-state index in [-0.39, 0.29) is 5.69 Å². The maximum Gasteiger partial charge on any atom is 0.354 e. The molecule has 0 amide bonds. The van der Waals surface area contributed by atoms with Gasteiger partial charge in [-0.2, -0.15) is 5.10 Å². The van der Waals surface area contributed by atoms with Crippen LogP contribution >= 0.6 is 39.3 Å². The number of nitrogens with zero attached hydrogens (tertiary/aromatic N) is 4. The summed E-state index contributed by atoms with van der Waals surface area (Å²) >= 11 is 11.3. The zero-order valence-electron chi connectivity index (χ0n) is 13.9. The predicted molar refractivity (Wildman–Crippen MR) is 108 cm³/mol. The van der Waals surface area contributed by atoms with Gasteiger partial charge in [0.2, 0.25) is 0 Å². The van der Waals surface area contributed by atoms with Gasteiger partial charge in [0.25, 0.3) is 0 Å². The third kappa shape index (κ3) is 3.36. The fourth-order valence-electron chi connectivity index (χ4n) is 2.77. The van der Waals surface area contributed by atoms with E-state index in [1.54, 1.807) is 23.0 Å². The standard InChI is InChI=1S/C18H12BrClN4O2S/c1-23-9-11(8-21-23)24-14-7-10(20)5-6-12(14)16(17(24)19)27-15-4-2-3-13(22-15)18(25)26/h2-9H,1H3,(H,25,26). The first-order valence-electron chi connectivity index (χ1n) is 7.80. The number of aromatic nitrogens is 4. The Bertz CT molecular complexity index is 1190. The van der Waals surface area contributed by atoms with Gasteiger partial charge in [0.05, 0.1) is 22.3 Å². The van der Waals surface area contributed by atoms with E-state index in [0.717, 1.165) is 26.1 Å². The molecule has 9 heteroatoms. The SMILES string of the molecule is Cn1cc(-n2c(Br)c(Sc3cccc(C(=O)O)n3)c3ccc(Cl)cc32)cn1. The molecule has 3 heterocycles. The largest absolute Gasteiger partial charge is 0.477 e. The Morgan fingerprint density at radius 3 is 2.81 bits per heavy atom. The summed E-state index contributed by atoms with van der Waals surface area (Å²) in [6.07, 6.45) is 3.67. The molecular formula is C18H12BrClN4O2S. The summed E-state index contributed by atoms with van der Waals surface area (Å²) in [5, 5.41) is 15.6. The van der Waals surface area contributed by atoms with E-state index in [1.807, 2.05) is 36.0 Å². The monoisotopic (exact) mass is 462 g/mol. The number of rotatable bonds is 4. The predicted octanol–water partition coefficient (Wildman–Crippen LogP) is 5.02. The van der Waals surface area contributed by atoms with Crippen molar-refractivity contribution in [3.05, 3.63) is 64.1 Å².